The van der Waals surface area contributed by atoms with Gasteiger partial charge in [-0.25, -0.2) is 9.59 Å². The summed E-state index contributed by atoms with van der Waals surface area (Å²) in [7, 11) is 3.60. The second-order valence-electron chi connectivity index (χ2n) is 12.2. The van der Waals surface area contributed by atoms with Gasteiger partial charge < -0.3 is 29.1 Å². The second-order valence-corrected chi connectivity index (χ2v) is 12.2. The van der Waals surface area contributed by atoms with E-state index in [1.54, 1.807) is 33.7 Å². The summed E-state index contributed by atoms with van der Waals surface area (Å²) >= 11 is 0. The van der Waals surface area contributed by atoms with Gasteiger partial charge in [-0.2, -0.15) is 0 Å². The minimum Gasteiger partial charge on any atom is -0.444 e. The van der Waals surface area contributed by atoms with Crippen molar-refractivity contribution >= 4 is 24.0 Å². The summed E-state index contributed by atoms with van der Waals surface area (Å²) in [5, 5.41) is 0. The maximum absolute atomic E-state index is 12.1. The Balaban J connectivity index is 0.000000380. The lowest BCUT2D eigenvalue weighted by atomic mass is 9.97. The summed E-state index contributed by atoms with van der Waals surface area (Å²) in [5.74, 6) is 0.0592. The molecule has 4 amide bonds. The average molecular weight is 541 g/mol. The smallest absolute Gasteiger partial charge is 0.410 e. The molecular formula is C28H52N4O6. The van der Waals surface area contributed by atoms with E-state index < -0.39 is 11.2 Å². The molecule has 2 aliphatic rings. The van der Waals surface area contributed by atoms with Gasteiger partial charge in [0.15, 0.2) is 0 Å². The third-order valence-electron chi connectivity index (χ3n) is 6.55. The van der Waals surface area contributed by atoms with Crippen LogP contribution in [0.3, 0.4) is 0 Å². The lowest BCUT2D eigenvalue weighted by Crippen LogP contribution is -2.47. The normalized spacial score (nSPS) is 20.1. The number of piperidine rings is 2. The Morgan fingerprint density at radius 2 is 1.00 bits per heavy atom. The molecule has 0 radical (unpaired) electrons. The first-order valence-corrected chi connectivity index (χ1v) is 13.9. The molecule has 0 aromatic heterocycles. The molecule has 0 aliphatic carbocycles. The highest BCUT2D eigenvalue weighted by Gasteiger charge is 2.33. The first kappa shape index (κ1) is 33.5. The number of amides is 4. The summed E-state index contributed by atoms with van der Waals surface area (Å²) in [5.41, 5.74) is -0.984. The molecular weight excluding hydrogens is 488 g/mol. The van der Waals surface area contributed by atoms with Gasteiger partial charge in [-0.15, -0.1) is 0 Å². The lowest BCUT2D eigenvalue weighted by molar-refractivity contribution is -0.136. The molecule has 0 saturated carbocycles. The predicted molar refractivity (Wildman–Crippen MR) is 148 cm³/mol. The van der Waals surface area contributed by atoms with Gasteiger partial charge in [0.05, 0.1) is 11.8 Å². The van der Waals surface area contributed by atoms with Crippen molar-refractivity contribution in [2.45, 2.75) is 92.3 Å². The highest BCUT2D eigenvalue weighted by Crippen LogP contribution is 2.22. The third-order valence-corrected chi connectivity index (χ3v) is 6.55. The van der Waals surface area contributed by atoms with Crippen LogP contribution in [0.15, 0.2) is 0 Å². The molecule has 0 aromatic rings. The Hall–Kier alpha value is -2.52. The minimum absolute atomic E-state index is 0.0915. The summed E-state index contributed by atoms with van der Waals surface area (Å²) in [6, 6.07) is 0. The number of likely N-dealkylation sites (tertiary alicyclic amines) is 2. The number of carbonyl (C=O) groups is 4. The van der Waals surface area contributed by atoms with Crippen molar-refractivity contribution in [3.8, 4) is 0 Å². The van der Waals surface area contributed by atoms with Crippen LogP contribution in [0.5, 0.6) is 0 Å². The van der Waals surface area contributed by atoms with Crippen molar-refractivity contribution in [1.29, 1.82) is 0 Å². The molecule has 10 nitrogen and oxygen atoms in total. The van der Waals surface area contributed by atoms with Crippen molar-refractivity contribution in [2.75, 3.05) is 53.4 Å². The van der Waals surface area contributed by atoms with Crippen LogP contribution in [0.2, 0.25) is 0 Å². The fourth-order valence-electron chi connectivity index (χ4n) is 4.28. The zero-order valence-electron chi connectivity index (χ0n) is 25.5. The van der Waals surface area contributed by atoms with Crippen LogP contribution in [-0.4, -0.2) is 108 Å². The third kappa shape index (κ3) is 11.5. The van der Waals surface area contributed by atoms with Crippen LogP contribution >= 0.6 is 0 Å². The van der Waals surface area contributed by atoms with E-state index in [9.17, 15) is 19.2 Å². The van der Waals surface area contributed by atoms with Gasteiger partial charge in [0, 0.05) is 53.4 Å². The molecule has 2 saturated heterocycles. The van der Waals surface area contributed by atoms with Crippen molar-refractivity contribution in [2.24, 2.45) is 11.8 Å². The highest BCUT2D eigenvalue weighted by atomic mass is 16.6. The van der Waals surface area contributed by atoms with E-state index in [0.717, 1.165) is 25.7 Å². The number of carbonyl (C=O) groups excluding carboxylic acids is 4. The van der Waals surface area contributed by atoms with Gasteiger partial charge in [0.1, 0.15) is 11.2 Å². The predicted octanol–water partition coefficient (Wildman–Crippen LogP) is 4.22. The number of ether oxygens (including phenoxy) is 2. The molecule has 2 aliphatic heterocycles. The SMILES string of the molecule is CCN(C)C(=O)[C@@H]1CCCN(C(=O)OC(C)(C)C)C1.CCN(C)C(=O)[C@@H]1CCCN(C(=O)OC(C)(C)C)C1. The first-order chi connectivity index (χ1) is 17.5. The largest absolute Gasteiger partial charge is 0.444 e. The fourth-order valence-corrected chi connectivity index (χ4v) is 4.28. The number of rotatable bonds is 4. The molecule has 2 heterocycles. The average Bonchev–Trinajstić information content (AvgIpc) is 2.85. The lowest BCUT2D eigenvalue weighted by Gasteiger charge is -2.34. The summed E-state index contributed by atoms with van der Waals surface area (Å²) < 4.78 is 10.7. The highest BCUT2D eigenvalue weighted by molar-refractivity contribution is 5.80. The van der Waals surface area contributed by atoms with Crippen molar-refractivity contribution in [1.82, 2.24) is 19.6 Å². The molecule has 0 aromatic carbocycles. The zero-order chi connectivity index (χ0) is 29.3. The van der Waals surface area contributed by atoms with Gasteiger partial charge >= 0.3 is 12.2 Å². The fraction of sp³-hybridized carbons (Fsp3) is 0.857. The number of nitrogens with zero attached hydrogens (tertiary/aromatic N) is 4. The van der Waals surface area contributed by atoms with E-state index in [2.05, 4.69) is 0 Å². The second kappa shape index (κ2) is 14.6. The molecule has 2 fully saturated rings. The topological polar surface area (TPSA) is 99.7 Å². The van der Waals surface area contributed by atoms with Crippen molar-refractivity contribution in [3.63, 3.8) is 0 Å². The summed E-state index contributed by atoms with van der Waals surface area (Å²) in [4.78, 5) is 55.0. The van der Waals surface area contributed by atoms with E-state index in [1.807, 2.05) is 55.4 Å². The van der Waals surface area contributed by atoms with Crippen molar-refractivity contribution in [3.05, 3.63) is 0 Å². The van der Waals surface area contributed by atoms with E-state index in [-0.39, 0.29) is 35.8 Å². The van der Waals surface area contributed by atoms with Crippen molar-refractivity contribution < 1.29 is 28.7 Å². The molecule has 0 N–H and O–H groups in total. The Labute approximate surface area is 229 Å². The van der Waals surface area contributed by atoms with Gasteiger partial charge in [-0.1, -0.05) is 0 Å². The first-order valence-electron chi connectivity index (χ1n) is 13.9. The molecule has 10 heteroatoms. The Bertz CT molecular complexity index is 738. The molecule has 38 heavy (non-hydrogen) atoms. The molecule has 220 valence electrons. The van der Waals surface area contributed by atoms with Crippen LogP contribution in [0.4, 0.5) is 9.59 Å². The molecule has 0 spiro atoms. The molecule has 2 rings (SSSR count). The Kier molecular flexibility index (Phi) is 12.9. The summed E-state index contributed by atoms with van der Waals surface area (Å²) in [6.07, 6.45) is 2.78. The maximum Gasteiger partial charge on any atom is 0.410 e. The van der Waals surface area contributed by atoms with Gasteiger partial charge in [0.25, 0.3) is 0 Å². The minimum atomic E-state index is -0.492. The van der Waals surface area contributed by atoms with Gasteiger partial charge in [-0.3, -0.25) is 9.59 Å². The van der Waals surface area contributed by atoms with Crippen LogP contribution in [0, 0.1) is 11.8 Å². The number of hydrogen-bond acceptors (Lipinski definition) is 6. The van der Waals surface area contributed by atoms with Crippen LogP contribution in [-0.2, 0) is 19.1 Å². The van der Waals surface area contributed by atoms with E-state index in [1.165, 1.54) is 0 Å². The van der Waals surface area contributed by atoms with E-state index in [4.69, 9.17) is 9.47 Å². The summed E-state index contributed by atoms with van der Waals surface area (Å²) in [6.45, 7) is 18.7. The number of hydrogen-bond donors (Lipinski definition) is 0. The zero-order valence-corrected chi connectivity index (χ0v) is 25.5. The van der Waals surface area contributed by atoms with E-state index >= 15 is 0 Å². The molecule has 0 bridgehead atoms. The Morgan fingerprint density at radius 1 is 0.684 bits per heavy atom. The maximum atomic E-state index is 12.1. The quantitative estimate of drug-likeness (QED) is 0.529. The van der Waals surface area contributed by atoms with Crippen LogP contribution < -0.4 is 0 Å². The molecule has 0 unspecified atom stereocenters. The van der Waals surface area contributed by atoms with Gasteiger partial charge in [-0.05, 0) is 81.1 Å². The van der Waals surface area contributed by atoms with Crippen LogP contribution in [0.1, 0.15) is 81.1 Å². The van der Waals surface area contributed by atoms with E-state index in [0.29, 0.717) is 39.3 Å². The van der Waals surface area contributed by atoms with Gasteiger partial charge in [0.2, 0.25) is 11.8 Å². The Morgan fingerprint density at radius 3 is 1.26 bits per heavy atom. The standard InChI is InChI=1S/2C14H26N2O3/c2*1-6-15(5)12(17)11-8-7-9-16(10-11)13(18)19-14(2,3)4/h2*11H,6-10H2,1-5H3/t2*11-/m11/s1. The van der Waals surface area contributed by atoms with Crippen LogP contribution in [0.25, 0.3) is 0 Å². The monoisotopic (exact) mass is 540 g/mol. The molecule has 2 atom stereocenters.